The van der Waals surface area contributed by atoms with Crippen LogP contribution in [0.5, 0.6) is 0 Å². The van der Waals surface area contributed by atoms with Gasteiger partial charge in [-0.2, -0.15) is 4.37 Å². The number of fused-ring (bicyclic) bond motifs is 1. The lowest BCUT2D eigenvalue weighted by molar-refractivity contribution is 0.283. The van der Waals surface area contributed by atoms with Crippen LogP contribution in [0, 0.1) is 6.92 Å². The van der Waals surface area contributed by atoms with Crippen LogP contribution in [0.2, 0.25) is 0 Å². The number of aliphatic hydroxyl groups is 1. The van der Waals surface area contributed by atoms with Crippen molar-refractivity contribution >= 4 is 27.6 Å². The smallest absolute Gasteiger partial charge is 0.149 e. The molecule has 0 saturated heterocycles. The molecule has 0 bridgehead atoms. The second-order valence-corrected chi connectivity index (χ2v) is 5.40. The highest BCUT2D eigenvalue weighted by Gasteiger charge is 2.27. The standard InChI is InChI=1S/C12H16N4OS/c1-8-10-11(13-7-14-12(10)18-15-8)16(5-6-17)9-3-2-4-9/h7,9,17H,2-6H2,1H3. The van der Waals surface area contributed by atoms with Crippen molar-refractivity contribution in [1.82, 2.24) is 14.3 Å². The van der Waals surface area contributed by atoms with E-state index >= 15 is 0 Å². The molecule has 0 radical (unpaired) electrons. The van der Waals surface area contributed by atoms with Crippen LogP contribution < -0.4 is 4.90 Å². The van der Waals surface area contributed by atoms with Crippen molar-refractivity contribution in [2.45, 2.75) is 32.2 Å². The Hall–Kier alpha value is -1.27. The van der Waals surface area contributed by atoms with Gasteiger partial charge in [-0.1, -0.05) is 0 Å². The number of hydrogen-bond acceptors (Lipinski definition) is 6. The Balaban J connectivity index is 2.07. The van der Waals surface area contributed by atoms with E-state index in [2.05, 4.69) is 19.2 Å². The van der Waals surface area contributed by atoms with E-state index in [1.54, 1.807) is 6.33 Å². The van der Waals surface area contributed by atoms with Gasteiger partial charge >= 0.3 is 0 Å². The van der Waals surface area contributed by atoms with Crippen LogP contribution >= 0.6 is 11.5 Å². The first-order chi connectivity index (χ1) is 8.81. The zero-order chi connectivity index (χ0) is 12.5. The topological polar surface area (TPSA) is 62.1 Å². The molecule has 2 aromatic rings. The van der Waals surface area contributed by atoms with E-state index in [9.17, 15) is 5.11 Å². The molecular formula is C12H16N4OS. The molecule has 1 aliphatic rings. The molecule has 0 atom stereocenters. The largest absolute Gasteiger partial charge is 0.395 e. The molecule has 1 saturated carbocycles. The molecule has 3 rings (SSSR count). The third-order valence-electron chi connectivity index (χ3n) is 3.55. The van der Waals surface area contributed by atoms with Crippen molar-refractivity contribution in [2.75, 3.05) is 18.1 Å². The highest BCUT2D eigenvalue weighted by molar-refractivity contribution is 7.13. The third kappa shape index (κ3) is 1.85. The van der Waals surface area contributed by atoms with Gasteiger partial charge in [-0.15, -0.1) is 0 Å². The number of nitrogens with zero attached hydrogens (tertiary/aromatic N) is 4. The number of aryl methyl sites for hydroxylation is 1. The van der Waals surface area contributed by atoms with Gasteiger partial charge in [0.15, 0.2) is 0 Å². The van der Waals surface area contributed by atoms with Gasteiger partial charge in [0.05, 0.1) is 17.7 Å². The molecule has 0 unspecified atom stereocenters. The predicted octanol–water partition coefficient (Wildman–Crippen LogP) is 1.75. The number of rotatable bonds is 4. The number of aliphatic hydroxyl groups excluding tert-OH is 1. The number of hydrogen-bond donors (Lipinski definition) is 1. The summed E-state index contributed by atoms with van der Waals surface area (Å²) in [7, 11) is 0. The fraction of sp³-hybridized carbons (Fsp3) is 0.583. The summed E-state index contributed by atoms with van der Waals surface area (Å²) in [6.07, 6.45) is 5.23. The van der Waals surface area contributed by atoms with E-state index < -0.39 is 0 Å². The molecule has 18 heavy (non-hydrogen) atoms. The Morgan fingerprint density at radius 2 is 2.28 bits per heavy atom. The fourth-order valence-corrected chi connectivity index (χ4v) is 3.13. The maximum absolute atomic E-state index is 9.26. The molecule has 6 heteroatoms. The van der Waals surface area contributed by atoms with Gasteiger partial charge in [-0.3, -0.25) is 0 Å². The van der Waals surface area contributed by atoms with Gasteiger partial charge < -0.3 is 10.0 Å². The Kier molecular flexibility index (Phi) is 3.13. The minimum Gasteiger partial charge on any atom is -0.395 e. The van der Waals surface area contributed by atoms with E-state index in [1.165, 1.54) is 30.8 Å². The molecular weight excluding hydrogens is 248 g/mol. The summed E-state index contributed by atoms with van der Waals surface area (Å²) in [5, 5.41) is 10.3. The maximum Gasteiger partial charge on any atom is 0.149 e. The zero-order valence-corrected chi connectivity index (χ0v) is 11.2. The molecule has 0 spiro atoms. The summed E-state index contributed by atoms with van der Waals surface area (Å²) >= 11 is 1.41. The van der Waals surface area contributed by atoms with Crippen LogP contribution in [0.15, 0.2) is 6.33 Å². The van der Waals surface area contributed by atoms with Gasteiger partial charge in [0.1, 0.15) is 17.0 Å². The van der Waals surface area contributed by atoms with Gasteiger partial charge in [-0.25, -0.2) is 9.97 Å². The molecule has 2 heterocycles. The SMILES string of the molecule is Cc1nsc2ncnc(N(CCO)C3CCC3)c12. The first-order valence-electron chi connectivity index (χ1n) is 6.25. The average Bonchev–Trinajstić information content (AvgIpc) is 2.69. The van der Waals surface area contributed by atoms with E-state index in [1.807, 2.05) is 6.92 Å². The minimum atomic E-state index is 0.151. The first-order valence-corrected chi connectivity index (χ1v) is 7.03. The fourth-order valence-electron chi connectivity index (χ4n) is 2.39. The van der Waals surface area contributed by atoms with Gasteiger partial charge in [0, 0.05) is 12.6 Å². The normalized spacial score (nSPS) is 15.9. The van der Waals surface area contributed by atoms with Crippen LogP contribution in [0.25, 0.3) is 10.2 Å². The summed E-state index contributed by atoms with van der Waals surface area (Å²) in [5.74, 6) is 0.935. The van der Waals surface area contributed by atoms with Crippen molar-refractivity contribution in [1.29, 1.82) is 0 Å². The Morgan fingerprint density at radius 1 is 1.44 bits per heavy atom. The van der Waals surface area contributed by atoms with Gasteiger partial charge in [-0.05, 0) is 37.7 Å². The van der Waals surface area contributed by atoms with Crippen LogP contribution in [0.4, 0.5) is 5.82 Å². The lowest BCUT2D eigenvalue weighted by Gasteiger charge is -2.38. The molecule has 5 nitrogen and oxygen atoms in total. The lowest BCUT2D eigenvalue weighted by atomic mass is 9.91. The molecule has 2 aromatic heterocycles. The summed E-state index contributed by atoms with van der Waals surface area (Å²) in [6, 6.07) is 0.509. The number of anilines is 1. The summed E-state index contributed by atoms with van der Waals surface area (Å²) < 4.78 is 4.35. The van der Waals surface area contributed by atoms with Crippen LogP contribution in [-0.4, -0.2) is 38.6 Å². The molecule has 0 amide bonds. The zero-order valence-electron chi connectivity index (χ0n) is 10.3. The second kappa shape index (κ2) is 4.78. The van der Waals surface area contributed by atoms with E-state index in [-0.39, 0.29) is 6.61 Å². The lowest BCUT2D eigenvalue weighted by Crippen LogP contribution is -2.42. The summed E-state index contributed by atoms with van der Waals surface area (Å²) in [4.78, 5) is 11.8. The van der Waals surface area contributed by atoms with Crippen molar-refractivity contribution in [3.63, 3.8) is 0 Å². The second-order valence-electron chi connectivity index (χ2n) is 4.65. The van der Waals surface area contributed by atoms with Gasteiger partial charge in [0.2, 0.25) is 0 Å². The summed E-state index contributed by atoms with van der Waals surface area (Å²) in [6.45, 7) is 2.77. The molecule has 1 aliphatic carbocycles. The Bertz CT molecular complexity index is 552. The van der Waals surface area contributed by atoms with Crippen molar-refractivity contribution in [2.24, 2.45) is 0 Å². The average molecular weight is 264 g/mol. The molecule has 0 aromatic carbocycles. The Morgan fingerprint density at radius 3 is 2.94 bits per heavy atom. The minimum absolute atomic E-state index is 0.151. The quantitative estimate of drug-likeness (QED) is 0.911. The molecule has 1 fully saturated rings. The van der Waals surface area contributed by atoms with Crippen LogP contribution in [0.3, 0.4) is 0 Å². The number of aromatic nitrogens is 3. The molecule has 0 aliphatic heterocycles. The van der Waals surface area contributed by atoms with E-state index in [0.717, 1.165) is 21.7 Å². The maximum atomic E-state index is 9.26. The summed E-state index contributed by atoms with van der Waals surface area (Å²) in [5.41, 5.74) is 0.980. The van der Waals surface area contributed by atoms with E-state index in [4.69, 9.17) is 0 Å². The predicted molar refractivity (Wildman–Crippen MR) is 72.0 cm³/mol. The van der Waals surface area contributed by atoms with Gasteiger partial charge in [0.25, 0.3) is 0 Å². The highest BCUT2D eigenvalue weighted by Crippen LogP contribution is 2.34. The van der Waals surface area contributed by atoms with Crippen molar-refractivity contribution in [3.05, 3.63) is 12.0 Å². The Labute approximate surface area is 110 Å². The van der Waals surface area contributed by atoms with E-state index in [0.29, 0.717) is 12.6 Å². The van der Waals surface area contributed by atoms with Crippen LogP contribution in [0.1, 0.15) is 25.0 Å². The molecule has 1 N–H and O–H groups in total. The monoisotopic (exact) mass is 264 g/mol. The third-order valence-corrected chi connectivity index (χ3v) is 4.40. The van der Waals surface area contributed by atoms with Crippen molar-refractivity contribution in [3.8, 4) is 0 Å². The molecule has 96 valence electrons. The first kappa shape index (κ1) is 11.8. The van der Waals surface area contributed by atoms with Crippen LogP contribution in [-0.2, 0) is 0 Å². The van der Waals surface area contributed by atoms with Crippen molar-refractivity contribution < 1.29 is 5.11 Å². The highest BCUT2D eigenvalue weighted by atomic mass is 32.1.